The highest BCUT2D eigenvalue weighted by molar-refractivity contribution is 7.86. The molecule has 0 fully saturated rings. The van der Waals surface area contributed by atoms with Crippen molar-refractivity contribution in [2.45, 2.75) is 48.0 Å². The largest absolute Gasteiger partial charge is 0.416 e. The lowest BCUT2D eigenvalue weighted by Gasteiger charge is -2.19. The Labute approximate surface area is 171 Å². The van der Waals surface area contributed by atoms with Crippen LogP contribution in [0.4, 0.5) is 52.7 Å². The first-order valence-electron chi connectivity index (χ1n) is 7.06. The number of unbranched alkanes of at least 4 members (excludes halogenated alkanes) is 1. The van der Waals surface area contributed by atoms with E-state index in [1.807, 2.05) is 0 Å². The molecule has 4 N–H and O–H groups in total. The molecule has 0 atom stereocenters. The van der Waals surface area contributed by atoms with E-state index in [1.165, 1.54) is 0 Å². The van der Waals surface area contributed by atoms with Gasteiger partial charge in [-0.1, -0.05) is 0 Å². The standard InChI is InChI=1S/C4H10O2.2C3H2F6O3S/c5-3-1-2-4-6;2*4-2(5,6)1(3(7,8)9)13(10,11)12/h5-6H,1-4H2;2*1H,(H,10,11,12). The highest BCUT2D eigenvalue weighted by Crippen LogP contribution is 2.38. The molecule has 0 spiro atoms. The molecule has 0 aromatic carbocycles. The molecule has 0 aromatic heterocycles. The van der Waals surface area contributed by atoms with Gasteiger partial charge in [0.05, 0.1) is 0 Å². The van der Waals surface area contributed by atoms with Crippen molar-refractivity contribution >= 4 is 20.2 Å². The van der Waals surface area contributed by atoms with Crippen molar-refractivity contribution in [2.75, 3.05) is 13.2 Å². The van der Waals surface area contributed by atoms with E-state index < -0.39 is 55.4 Å². The van der Waals surface area contributed by atoms with Crippen molar-refractivity contribution in [2.24, 2.45) is 0 Å². The fraction of sp³-hybridized carbons (Fsp3) is 1.00. The van der Waals surface area contributed by atoms with E-state index in [1.54, 1.807) is 0 Å². The second-order valence-electron chi connectivity index (χ2n) is 5.11. The lowest BCUT2D eigenvalue weighted by molar-refractivity contribution is -0.229. The Bertz CT molecular complexity index is 644. The second kappa shape index (κ2) is 12.4. The summed E-state index contributed by atoms with van der Waals surface area (Å²) in [6.07, 6.45) is -22.9. The van der Waals surface area contributed by atoms with Crippen LogP contribution in [0.1, 0.15) is 12.8 Å². The molecule has 0 rings (SSSR count). The van der Waals surface area contributed by atoms with Crippen LogP contribution in [0.25, 0.3) is 0 Å². The molecule has 0 radical (unpaired) electrons. The summed E-state index contributed by atoms with van der Waals surface area (Å²) in [5, 5.41) is 6.69. The number of aliphatic hydroxyl groups excluding tert-OH is 2. The molecule has 8 nitrogen and oxygen atoms in total. The normalized spacial score (nSPS) is 13.9. The van der Waals surface area contributed by atoms with Gasteiger partial charge in [0.15, 0.2) is 0 Å². The maximum Gasteiger partial charge on any atom is 0.416 e. The summed E-state index contributed by atoms with van der Waals surface area (Å²) in [7, 11) is -12.5. The van der Waals surface area contributed by atoms with Gasteiger partial charge in [-0.15, -0.1) is 0 Å². The molecule has 198 valence electrons. The van der Waals surface area contributed by atoms with Gasteiger partial charge >= 0.3 is 24.7 Å². The van der Waals surface area contributed by atoms with Crippen LogP contribution in [0.5, 0.6) is 0 Å². The molecule has 0 aromatic rings. The van der Waals surface area contributed by atoms with Gasteiger partial charge in [-0.2, -0.15) is 69.5 Å². The summed E-state index contributed by atoms with van der Waals surface area (Å²) in [5.41, 5.74) is 0. The summed E-state index contributed by atoms with van der Waals surface area (Å²) in [4.78, 5) is 0. The Morgan fingerprint density at radius 2 is 0.656 bits per heavy atom. The molecule has 0 heterocycles. The Kier molecular flexibility index (Phi) is 13.7. The van der Waals surface area contributed by atoms with E-state index >= 15 is 0 Å². The predicted molar refractivity (Wildman–Crippen MR) is 78.3 cm³/mol. The van der Waals surface area contributed by atoms with Crippen molar-refractivity contribution < 1.29 is 88.8 Å². The Hall–Kier alpha value is -1.10. The number of halogens is 12. The van der Waals surface area contributed by atoms with Gasteiger partial charge < -0.3 is 10.2 Å². The van der Waals surface area contributed by atoms with Crippen LogP contribution in [-0.4, -0.2) is 84.6 Å². The van der Waals surface area contributed by atoms with Gasteiger partial charge in [0.2, 0.25) is 0 Å². The Morgan fingerprint density at radius 3 is 0.688 bits per heavy atom. The van der Waals surface area contributed by atoms with Gasteiger partial charge in [-0.25, -0.2) is 0 Å². The molecular formula is C10H14F12O8S2. The van der Waals surface area contributed by atoms with Crippen molar-refractivity contribution in [1.82, 2.24) is 0 Å². The smallest absolute Gasteiger partial charge is 0.396 e. The van der Waals surface area contributed by atoms with E-state index in [9.17, 15) is 69.5 Å². The van der Waals surface area contributed by atoms with Gasteiger partial charge in [0.25, 0.3) is 30.7 Å². The molecule has 0 amide bonds. The fourth-order valence-corrected chi connectivity index (χ4v) is 2.62. The number of hydrogen-bond donors (Lipinski definition) is 4. The van der Waals surface area contributed by atoms with Crippen molar-refractivity contribution in [3.05, 3.63) is 0 Å². The maximum absolute atomic E-state index is 11.5. The Morgan fingerprint density at radius 1 is 0.500 bits per heavy atom. The SMILES string of the molecule is O=S(=O)(O)C(C(F)(F)F)C(F)(F)F.O=S(=O)(O)C(C(F)(F)F)C(F)(F)F.OCCCCO. The zero-order chi connectivity index (χ0) is 27.0. The van der Waals surface area contributed by atoms with Crippen molar-refractivity contribution in [3.63, 3.8) is 0 Å². The summed E-state index contributed by atoms with van der Waals surface area (Å²) >= 11 is 0. The molecule has 0 aliphatic carbocycles. The van der Waals surface area contributed by atoms with Gasteiger partial charge in [0, 0.05) is 13.2 Å². The quantitative estimate of drug-likeness (QED) is 0.230. The number of alkyl halides is 12. The predicted octanol–water partition coefficient (Wildman–Crippen LogP) is 2.49. The van der Waals surface area contributed by atoms with Gasteiger partial charge in [0.1, 0.15) is 0 Å². The highest BCUT2D eigenvalue weighted by Gasteiger charge is 2.65. The van der Waals surface area contributed by atoms with Crippen LogP contribution in [0.15, 0.2) is 0 Å². The summed E-state index contributed by atoms with van der Waals surface area (Å²) in [6.45, 7) is 0.390. The topological polar surface area (TPSA) is 149 Å². The minimum absolute atomic E-state index is 0.195. The summed E-state index contributed by atoms with van der Waals surface area (Å²) < 4.78 is 192. The lowest BCUT2D eigenvalue weighted by atomic mass is 10.3. The average molecular weight is 554 g/mol. The minimum atomic E-state index is -6.23. The van der Waals surface area contributed by atoms with Crippen molar-refractivity contribution in [3.8, 4) is 0 Å². The zero-order valence-corrected chi connectivity index (χ0v) is 16.4. The van der Waals surface area contributed by atoms with Crippen LogP contribution in [0.2, 0.25) is 0 Å². The average Bonchev–Trinajstić information content (AvgIpc) is 2.35. The maximum atomic E-state index is 11.5. The first-order chi connectivity index (χ1) is 13.6. The van der Waals surface area contributed by atoms with E-state index in [0.29, 0.717) is 0 Å². The Balaban J connectivity index is -0.000000422. The van der Waals surface area contributed by atoms with Crippen LogP contribution in [-0.2, 0) is 20.2 Å². The van der Waals surface area contributed by atoms with Gasteiger partial charge in [-0.05, 0) is 12.8 Å². The van der Waals surface area contributed by atoms with Gasteiger partial charge in [-0.3, -0.25) is 9.11 Å². The van der Waals surface area contributed by atoms with E-state index in [0.717, 1.165) is 12.8 Å². The lowest BCUT2D eigenvalue weighted by Crippen LogP contribution is -2.47. The molecule has 32 heavy (non-hydrogen) atoms. The molecule has 0 bridgehead atoms. The van der Waals surface area contributed by atoms with E-state index in [-0.39, 0.29) is 13.2 Å². The molecule has 0 aliphatic rings. The highest BCUT2D eigenvalue weighted by atomic mass is 32.2. The van der Waals surface area contributed by atoms with Crippen molar-refractivity contribution in [1.29, 1.82) is 0 Å². The third kappa shape index (κ3) is 15.7. The van der Waals surface area contributed by atoms with Crippen LogP contribution >= 0.6 is 0 Å². The molecule has 22 heteroatoms. The summed E-state index contributed by atoms with van der Waals surface area (Å²) in [5.74, 6) is 0. The van der Waals surface area contributed by atoms with E-state index in [2.05, 4.69) is 0 Å². The molecule has 0 aliphatic heterocycles. The second-order valence-corrected chi connectivity index (χ2v) is 8.11. The fourth-order valence-electron chi connectivity index (χ4n) is 1.27. The molecule has 0 unspecified atom stereocenters. The molecule has 0 saturated carbocycles. The van der Waals surface area contributed by atoms with E-state index in [4.69, 9.17) is 19.3 Å². The third-order valence-corrected chi connectivity index (χ3v) is 4.61. The summed E-state index contributed by atoms with van der Waals surface area (Å²) in [6, 6.07) is 0. The minimum Gasteiger partial charge on any atom is -0.396 e. The number of hydrogen-bond acceptors (Lipinski definition) is 6. The first kappa shape index (κ1) is 35.5. The van der Waals surface area contributed by atoms with Crippen LogP contribution in [0, 0.1) is 0 Å². The van der Waals surface area contributed by atoms with Crippen LogP contribution in [0.3, 0.4) is 0 Å². The monoisotopic (exact) mass is 554 g/mol. The number of aliphatic hydroxyl groups is 2. The van der Waals surface area contributed by atoms with Crippen LogP contribution < -0.4 is 0 Å². The third-order valence-electron chi connectivity index (χ3n) is 2.35. The molecule has 0 saturated heterocycles. The molecular weight excluding hydrogens is 540 g/mol. The first-order valence-corrected chi connectivity index (χ1v) is 10.1. The zero-order valence-electron chi connectivity index (χ0n) is 14.8. The number of rotatable bonds is 5.